The van der Waals surface area contributed by atoms with Crippen LogP contribution in [-0.4, -0.2) is 17.3 Å². The smallest absolute Gasteiger partial charge is 0.307 e. The Morgan fingerprint density at radius 2 is 1.74 bits per heavy atom. The van der Waals surface area contributed by atoms with Crippen LogP contribution in [0.5, 0.6) is 0 Å². The molecule has 2 aromatic carbocycles. The highest BCUT2D eigenvalue weighted by atomic mass is 32.2. The Morgan fingerprint density at radius 1 is 1.13 bits per heavy atom. The molecule has 0 saturated carbocycles. The lowest BCUT2D eigenvalue weighted by Crippen LogP contribution is -2.42. The van der Waals surface area contributed by atoms with Crippen LogP contribution in [0.2, 0.25) is 0 Å². The largest absolute Gasteiger partial charge is 0.469 e. The molecular weight excluding hydrogens is 310 g/mol. The number of hydrogen-bond acceptors (Lipinski definition) is 3. The summed E-state index contributed by atoms with van der Waals surface area (Å²) in [6.45, 7) is 3.83. The topological polar surface area (TPSA) is 55.4 Å². The highest BCUT2D eigenvalue weighted by Crippen LogP contribution is 2.26. The van der Waals surface area contributed by atoms with E-state index < -0.39 is 16.5 Å². The molecule has 0 amide bonds. The highest BCUT2D eigenvalue weighted by molar-refractivity contribution is 7.83. The standard InChI is InChI=1S/C18H21NO3S/c1-14-9-11-16(12-10-14)23(21)19-18(2,13-17(20)22-3)15-7-5-4-6-8-15/h4-12,19H,13H2,1-3H3/t18-,23+/m1/s1. The first-order valence-corrected chi connectivity index (χ1v) is 8.48. The number of aryl methyl sites for hydroxylation is 1. The molecule has 2 rings (SSSR count). The van der Waals surface area contributed by atoms with E-state index in [1.54, 1.807) is 0 Å². The van der Waals surface area contributed by atoms with Crippen LogP contribution in [0.1, 0.15) is 24.5 Å². The Bertz CT molecular complexity index is 685. The Labute approximate surface area is 139 Å². The van der Waals surface area contributed by atoms with Gasteiger partial charge in [0.15, 0.2) is 0 Å². The van der Waals surface area contributed by atoms with Gasteiger partial charge in [-0.1, -0.05) is 48.0 Å². The van der Waals surface area contributed by atoms with Crippen molar-refractivity contribution < 1.29 is 13.7 Å². The summed E-state index contributed by atoms with van der Waals surface area (Å²) in [4.78, 5) is 12.5. The van der Waals surface area contributed by atoms with Crippen molar-refractivity contribution in [3.05, 3.63) is 65.7 Å². The molecule has 0 fully saturated rings. The molecule has 0 radical (unpaired) electrons. The van der Waals surface area contributed by atoms with E-state index in [0.29, 0.717) is 4.90 Å². The first kappa shape index (κ1) is 17.4. The summed E-state index contributed by atoms with van der Waals surface area (Å²) in [6.07, 6.45) is 0.0884. The lowest BCUT2D eigenvalue weighted by molar-refractivity contribution is -0.142. The van der Waals surface area contributed by atoms with Crippen molar-refractivity contribution in [3.63, 3.8) is 0 Å². The number of methoxy groups -OCH3 is 1. The molecule has 122 valence electrons. The zero-order chi connectivity index (χ0) is 16.9. The first-order chi connectivity index (χ1) is 10.9. The number of nitrogens with one attached hydrogen (secondary N) is 1. The molecule has 0 unspecified atom stereocenters. The number of hydrogen-bond donors (Lipinski definition) is 1. The van der Waals surface area contributed by atoms with Crippen molar-refractivity contribution in [2.24, 2.45) is 0 Å². The molecule has 0 aliphatic carbocycles. The number of carbonyl (C=O) groups is 1. The molecule has 0 bridgehead atoms. The molecule has 23 heavy (non-hydrogen) atoms. The predicted molar refractivity (Wildman–Crippen MR) is 91.2 cm³/mol. The van der Waals surface area contributed by atoms with Crippen LogP contribution in [0.4, 0.5) is 0 Å². The fourth-order valence-corrected chi connectivity index (χ4v) is 3.39. The summed E-state index contributed by atoms with van der Waals surface area (Å²) in [5, 5.41) is 0. The number of carbonyl (C=O) groups excluding carboxylic acids is 1. The van der Waals surface area contributed by atoms with Crippen molar-refractivity contribution >= 4 is 17.0 Å². The quantitative estimate of drug-likeness (QED) is 0.828. The lowest BCUT2D eigenvalue weighted by Gasteiger charge is -2.29. The molecule has 0 aliphatic rings. The Balaban J connectivity index is 2.29. The maximum Gasteiger partial charge on any atom is 0.307 e. The van der Waals surface area contributed by atoms with Gasteiger partial charge in [0.2, 0.25) is 0 Å². The summed E-state index contributed by atoms with van der Waals surface area (Å²) in [6, 6.07) is 17.0. The van der Waals surface area contributed by atoms with Crippen molar-refractivity contribution in [1.82, 2.24) is 4.72 Å². The van der Waals surface area contributed by atoms with E-state index in [2.05, 4.69) is 4.72 Å². The zero-order valence-corrected chi connectivity index (χ0v) is 14.4. The van der Waals surface area contributed by atoms with Gasteiger partial charge in [-0.2, -0.15) is 0 Å². The van der Waals surface area contributed by atoms with E-state index in [-0.39, 0.29) is 12.4 Å². The second kappa shape index (κ2) is 7.53. The van der Waals surface area contributed by atoms with Gasteiger partial charge < -0.3 is 4.74 Å². The molecule has 2 atom stereocenters. The summed E-state index contributed by atoms with van der Waals surface area (Å²) < 4.78 is 20.5. The van der Waals surface area contributed by atoms with Crippen LogP contribution in [0.15, 0.2) is 59.5 Å². The third-order valence-electron chi connectivity index (χ3n) is 3.69. The van der Waals surface area contributed by atoms with Gasteiger partial charge in [-0.15, -0.1) is 0 Å². The summed E-state index contributed by atoms with van der Waals surface area (Å²) >= 11 is 0. The van der Waals surface area contributed by atoms with E-state index >= 15 is 0 Å². The van der Waals surface area contributed by atoms with Crippen LogP contribution in [0, 0.1) is 6.92 Å². The molecule has 4 nitrogen and oxygen atoms in total. The van der Waals surface area contributed by atoms with Crippen LogP contribution < -0.4 is 4.72 Å². The van der Waals surface area contributed by atoms with Gasteiger partial charge in [0.05, 0.1) is 24.0 Å². The molecular formula is C18H21NO3S. The van der Waals surface area contributed by atoms with Crippen molar-refractivity contribution in [1.29, 1.82) is 0 Å². The molecule has 0 saturated heterocycles. The average molecular weight is 331 g/mol. The highest BCUT2D eigenvalue weighted by Gasteiger charge is 2.32. The molecule has 2 aromatic rings. The van der Waals surface area contributed by atoms with E-state index in [0.717, 1.165) is 11.1 Å². The van der Waals surface area contributed by atoms with Crippen LogP contribution >= 0.6 is 0 Å². The Kier molecular flexibility index (Phi) is 5.69. The Morgan fingerprint density at radius 3 is 2.30 bits per heavy atom. The van der Waals surface area contributed by atoms with E-state index in [4.69, 9.17) is 4.74 Å². The number of benzene rings is 2. The molecule has 1 N–H and O–H groups in total. The van der Waals surface area contributed by atoms with Crippen molar-refractivity contribution in [2.75, 3.05) is 7.11 Å². The summed E-state index contributed by atoms with van der Waals surface area (Å²) in [5.41, 5.74) is 1.20. The van der Waals surface area contributed by atoms with E-state index in [1.165, 1.54) is 7.11 Å². The fraction of sp³-hybridized carbons (Fsp3) is 0.278. The zero-order valence-electron chi connectivity index (χ0n) is 13.5. The predicted octanol–water partition coefficient (Wildman–Crippen LogP) is 3.09. The van der Waals surface area contributed by atoms with Gasteiger partial charge in [0, 0.05) is 0 Å². The Hall–Kier alpha value is -1.98. The fourth-order valence-electron chi connectivity index (χ4n) is 2.29. The molecule has 0 aliphatic heterocycles. The first-order valence-electron chi connectivity index (χ1n) is 7.33. The van der Waals surface area contributed by atoms with Gasteiger partial charge >= 0.3 is 5.97 Å². The number of ether oxygens (including phenoxy) is 1. The van der Waals surface area contributed by atoms with Crippen LogP contribution in [0.25, 0.3) is 0 Å². The van der Waals surface area contributed by atoms with E-state index in [1.807, 2.05) is 68.4 Å². The van der Waals surface area contributed by atoms with Crippen LogP contribution in [0.3, 0.4) is 0 Å². The summed E-state index contributed by atoms with van der Waals surface area (Å²) in [5.74, 6) is -0.357. The third-order valence-corrected chi connectivity index (χ3v) is 5.03. The minimum Gasteiger partial charge on any atom is -0.469 e. The second-order valence-electron chi connectivity index (χ2n) is 5.63. The van der Waals surface area contributed by atoms with Crippen LogP contribution in [-0.2, 0) is 26.1 Å². The molecule has 0 heterocycles. The van der Waals surface area contributed by atoms with E-state index in [9.17, 15) is 9.00 Å². The van der Waals surface area contributed by atoms with Gasteiger partial charge in [-0.3, -0.25) is 4.79 Å². The number of esters is 1. The number of rotatable bonds is 6. The molecule has 0 spiro atoms. The second-order valence-corrected chi connectivity index (χ2v) is 6.85. The van der Waals surface area contributed by atoms with Gasteiger partial charge in [0.1, 0.15) is 11.0 Å². The molecule has 0 aromatic heterocycles. The minimum atomic E-state index is -1.44. The third kappa shape index (κ3) is 4.50. The lowest BCUT2D eigenvalue weighted by atomic mass is 9.90. The SMILES string of the molecule is COC(=O)C[C@@](C)(N[S@@](=O)c1ccc(C)cc1)c1ccccc1. The van der Waals surface area contributed by atoms with Gasteiger partial charge in [-0.05, 0) is 31.5 Å². The maximum atomic E-state index is 12.7. The minimum absolute atomic E-state index is 0.0884. The van der Waals surface area contributed by atoms with Gasteiger partial charge in [-0.25, -0.2) is 8.93 Å². The maximum absolute atomic E-state index is 12.7. The van der Waals surface area contributed by atoms with Gasteiger partial charge in [0.25, 0.3) is 0 Å². The molecule has 5 heteroatoms. The van der Waals surface area contributed by atoms with Crippen molar-refractivity contribution in [3.8, 4) is 0 Å². The summed E-state index contributed by atoms with van der Waals surface area (Å²) in [7, 11) is -0.0859. The van der Waals surface area contributed by atoms with Crippen molar-refractivity contribution in [2.45, 2.75) is 30.7 Å². The normalized spacial score (nSPS) is 14.7. The monoisotopic (exact) mass is 331 g/mol. The average Bonchev–Trinajstić information content (AvgIpc) is 2.56.